The molecule has 1 aromatic carbocycles. The highest BCUT2D eigenvalue weighted by molar-refractivity contribution is 7.89. The molecule has 7 nitrogen and oxygen atoms in total. The zero-order valence-electron chi connectivity index (χ0n) is 12.1. The summed E-state index contributed by atoms with van der Waals surface area (Å²) in [6.45, 7) is 1.50. The Hall–Kier alpha value is -1.93. The van der Waals surface area contributed by atoms with Crippen LogP contribution in [-0.2, 0) is 14.8 Å². The molecule has 1 atom stereocenters. The Morgan fingerprint density at radius 2 is 1.86 bits per heavy atom. The van der Waals surface area contributed by atoms with Crippen molar-refractivity contribution in [3.8, 4) is 0 Å². The predicted octanol–water partition coefficient (Wildman–Crippen LogP) is 0.578. The van der Waals surface area contributed by atoms with E-state index < -0.39 is 27.8 Å². The number of hydrogen-bond acceptors (Lipinski definition) is 4. The molecule has 1 aromatic rings. The molecule has 1 aliphatic rings. The highest BCUT2D eigenvalue weighted by Gasteiger charge is 2.27. The molecule has 2 rings (SSSR count). The first-order chi connectivity index (χ1) is 10.3. The van der Waals surface area contributed by atoms with Gasteiger partial charge in [-0.1, -0.05) is 6.92 Å². The van der Waals surface area contributed by atoms with E-state index in [1.165, 1.54) is 31.2 Å². The van der Waals surface area contributed by atoms with Crippen LogP contribution in [0.25, 0.3) is 0 Å². The lowest BCUT2D eigenvalue weighted by Gasteiger charge is -2.09. The van der Waals surface area contributed by atoms with Crippen LogP contribution in [-0.4, -0.2) is 38.0 Å². The Morgan fingerprint density at radius 3 is 2.36 bits per heavy atom. The molecule has 1 unspecified atom stereocenters. The maximum absolute atomic E-state index is 12.0. The van der Waals surface area contributed by atoms with Crippen molar-refractivity contribution in [2.75, 3.05) is 6.54 Å². The molecule has 1 amide bonds. The second kappa shape index (κ2) is 6.45. The topological polar surface area (TPSA) is 113 Å². The fraction of sp³-hybridized carbons (Fsp3) is 0.429. The largest absolute Gasteiger partial charge is 0.481 e. The molecule has 0 aromatic heterocycles. The summed E-state index contributed by atoms with van der Waals surface area (Å²) in [6, 6.07) is 5.55. The smallest absolute Gasteiger partial charge is 0.308 e. The first kappa shape index (κ1) is 16.4. The Bertz CT molecular complexity index is 665. The van der Waals surface area contributed by atoms with Crippen molar-refractivity contribution >= 4 is 21.9 Å². The predicted molar refractivity (Wildman–Crippen MR) is 78.9 cm³/mol. The van der Waals surface area contributed by atoms with E-state index in [0.29, 0.717) is 0 Å². The Labute approximate surface area is 128 Å². The Balaban J connectivity index is 1.98. The van der Waals surface area contributed by atoms with Crippen molar-refractivity contribution in [3.63, 3.8) is 0 Å². The lowest BCUT2D eigenvalue weighted by molar-refractivity contribution is -0.140. The number of aliphatic carboxylic acids is 1. The molecule has 0 spiro atoms. The lowest BCUT2D eigenvalue weighted by atomic mass is 10.1. The van der Waals surface area contributed by atoms with Crippen molar-refractivity contribution in [2.24, 2.45) is 5.92 Å². The quantitative estimate of drug-likeness (QED) is 0.678. The van der Waals surface area contributed by atoms with Gasteiger partial charge in [0, 0.05) is 18.2 Å². The molecule has 0 radical (unpaired) electrons. The lowest BCUT2D eigenvalue weighted by Crippen LogP contribution is -2.31. The fourth-order valence-electron chi connectivity index (χ4n) is 1.71. The normalized spacial score (nSPS) is 16.0. The third-order valence-electron chi connectivity index (χ3n) is 3.32. The average Bonchev–Trinajstić information content (AvgIpc) is 3.27. The summed E-state index contributed by atoms with van der Waals surface area (Å²) in [5.41, 5.74) is 0.281. The standard InChI is InChI=1S/C14H18N2O5S/c1-9(14(18)19)8-15-13(17)10-2-6-12(7-3-10)22(20,21)16-11-4-5-11/h2-3,6-7,9,11,16H,4-5,8H2,1H3,(H,15,17)(H,18,19). The van der Waals surface area contributed by atoms with Crippen LogP contribution in [0, 0.1) is 5.92 Å². The van der Waals surface area contributed by atoms with Crippen LogP contribution in [0.15, 0.2) is 29.2 Å². The average molecular weight is 326 g/mol. The van der Waals surface area contributed by atoms with E-state index in [1.54, 1.807) is 0 Å². The summed E-state index contributed by atoms with van der Waals surface area (Å²) in [5.74, 6) is -2.12. The van der Waals surface area contributed by atoms with Crippen LogP contribution in [0.1, 0.15) is 30.1 Å². The zero-order chi connectivity index (χ0) is 16.3. The van der Waals surface area contributed by atoms with Crippen LogP contribution in [0.4, 0.5) is 0 Å². The summed E-state index contributed by atoms with van der Waals surface area (Å²) in [6.07, 6.45) is 1.70. The summed E-state index contributed by atoms with van der Waals surface area (Å²) in [4.78, 5) is 22.6. The molecule has 120 valence electrons. The van der Waals surface area contributed by atoms with Gasteiger partial charge in [0.25, 0.3) is 5.91 Å². The molecular formula is C14H18N2O5S. The highest BCUT2D eigenvalue weighted by atomic mass is 32.2. The summed E-state index contributed by atoms with van der Waals surface area (Å²) >= 11 is 0. The van der Waals surface area contributed by atoms with E-state index in [4.69, 9.17) is 5.11 Å². The van der Waals surface area contributed by atoms with Crippen molar-refractivity contribution in [3.05, 3.63) is 29.8 Å². The van der Waals surface area contributed by atoms with Crippen LogP contribution < -0.4 is 10.0 Å². The van der Waals surface area contributed by atoms with Crippen molar-refractivity contribution in [1.82, 2.24) is 10.0 Å². The number of nitrogens with one attached hydrogen (secondary N) is 2. The van der Waals surface area contributed by atoms with Crippen molar-refractivity contribution in [1.29, 1.82) is 0 Å². The number of carbonyl (C=O) groups excluding carboxylic acids is 1. The van der Waals surface area contributed by atoms with Gasteiger partial charge in [0.15, 0.2) is 0 Å². The van der Waals surface area contributed by atoms with Gasteiger partial charge in [0.1, 0.15) is 0 Å². The monoisotopic (exact) mass is 326 g/mol. The number of carboxylic acids is 1. The number of benzene rings is 1. The number of rotatable bonds is 7. The second-order valence-electron chi connectivity index (χ2n) is 5.37. The maximum atomic E-state index is 12.0. The number of sulfonamides is 1. The van der Waals surface area contributed by atoms with E-state index >= 15 is 0 Å². The van der Waals surface area contributed by atoms with Crippen molar-refractivity contribution < 1.29 is 23.1 Å². The first-order valence-electron chi connectivity index (χ1n) is 6.93. The number of carbonyl (C=O) groups is 2. The number of amides is 1. The van der Waals surface area contributed by atoms with Gasteiger partial charge >= 0.3 is 5.97 Å². The summed E-state index contributed by atoms with van der Waals surface area (Å²) in [5, 5.41) is 11.2. The van der Waals surface area contributed by atoms with Gasteiger partial charge in [-0.05, 0) is 37.1 Å². The molecule has 1 aliphatic carbocycles. The summed E-state index contributed by atoms with van der Waals surface area (Å²) in [7, 11) is -3.54. The van der Waals surface area contributed by atoms with E-state index in [1.807, 2.05) is 0 Å². The number of hydrogen-bond donors (Lipinski definition) is 3. The Kier molecular flexibility index (Phi) is 4.82. The SMILES string of the molecule is CC(CNC(=O)c1ccc(S(=O)(=O)NC2CC2)cc1)C(=O)O. The van der Waals surface area contributed by atoms with Crippen LogP contribution in [0.3, 0.4) is 0 Å². The van der Waals surface area contributed by atoms with E-state index in [0.717, 1.165) is 12.8 Å². The number of carboxylic acid groups (broad SMARTS) is 1. The minimum atomic E-state index is -3.54. The van der Waals surface area contributed by atoms with Gasteiger partial charge in [0.05, 0.1) is 10.8 Å². The fourth-order valence-corrected chi connectivity index (χ4v) is 3.01. The van der Waals surface area contributed by atoms with Gasteiger partial charge in [-0.25, -0.2) is 13.1 Å². The van der Waals surface area contributed by atoms with Gasteiger partial charge in [-0.3, -0.25) is 9.59 Å². The van der Waals surface area contributed by atoms with Gasteiger partial charge < -0.3 is 10.4 Å². The molecule has 3 N–H and O–H groups in total. The molecule has 1 saturated carbocycles. The molecule has 22 heavy (non-hydrogen) atoms. The third kappa shape index (κ3) is 4.28. The zero-order valence-corrected chi connectivity index (χ0v) is 12.9. The van der Waals surface area contributed by atoms with Crippen LogP contribution >= 0.6 is 0 Å². The van der Waals surface area contributed by atoms with Gasteiger partial charge in [-0.15, -0.1) is 0 Å². The second-order valence-corrected chi connectivity index (χ2v) is 7.08. The maximum Gasteiger partial charge on any atom is 0.308 e. The first-order valence-corrected chi connectivity index (χ1v) is 8.41. The van der Waals surface area contributed by atoms with E-state index in [2.05, 4.69) is 10.0 Å². The molecule has 8 heteroatoms. The molecule has 1 fully saturated rings. The highest BCUT2D eigenvalue weighted by Crippen LogP contribution is 2.22. The summed E-state index contributed by atoms with van der Waals surface area (Å²) < 4.78 is 26.5. The van der Waals surface area contributed by atoms with E-state index in [-0.39, 0.29) is 23.0 Å². The molecule has 0 heterocycles. The van der Waals surface area contributed by atoms with E-state index in [9.17, 15) is 18.0 Å². The van der Waals surface area contributed by atoms with Crippen LogP contribution in [0.5, 0.6) is 0 Å². The molecular weight excluding hydrogens is 308 g/mol. The molecule has 0 bridgehead atoms. The molecule has 0 saturated heterocycles. The third-order valence-corrected chi connectivity index (χ3v) is 4.85. The van der Waals surface area contributed by atoms with Gasteiger partial charge in [0.2, 0.25) is 10.0 Å². The van der Waals surface area contributed by atoms with Crippen molar-refractivity contribution in [2.45, 2.75) is 30.7 Å². The minimum absolute atomic E-state index is 0.0114. The minimum Gasteiger partial charge on any atom is -0.481 e. The Morgan fingerprint density at radius 1 is 1.27 bits per heavy atom. The van der Waals surface area contributed by atoms with Crippen LogP contribution in [0.2, 0.25) is 0 Å². The molecule has 0 aliphatic heterocycles. The van der Waals surface area contributed by atoms with Gasteiger partial charge in [-0.2, -0.15) is 0 Å².